The van der Waals surface area contributed by atoms with Gasteiger partial charge in [-0.15, -0.1) is 0 Å². The van der Waals surface area contributed by atoms with Crippen molar-refractivity contribution in [3.8, 4) is 45.6 Å². The second kappa shape index (κ2) is 21.0. The summed E-state index contributed by atoms with van der Waals surface area (Å²) in [6.07, 6.45) is 8.74. The van der Waals surface area contributed by atoms with Crippen molar-refractivity contribution < 1.29 is 46.2 Å². The maximum atomic E-state index is 10.5. The molecular formula is C50H60O10P2. The minimum Gasteiger partial charge on any atom is -0.497 e. The molecule has 2 heterocycles. The van der Waals surface area contributed by atoms with Crippen molar-refractivity contribution >= 4 is 38.8 Å². The van der Waals surface area contributed by atoms with Gasteiger partial charge in [-0.25, -0.2) is 0 Å². The number of para-hydroxylation sites is 2. The number of fused-ring (bicyclic) bond motifs is 4. The summed E-state index contributed by atoms with van der Waals surface area (Å²) in [5.41, 5.74) is 8.09. The molecule has 7 rings (SSSR count). The van der Waals surface area contributed by atoms with Crippen LogP contribution in [-0.4, -0.2) is 24.4 Å². The van der Waals surface area contributed by atoms with E-state index in [0.717, 1.165) is 114 Å². The van der Waals surface area contributed by atoms with Crippen LogP contribution in [0, 0.1) is 0 Å². The van der Waals surface area contributed by atoms with E-state index in [9.17, 15) is 10.2 Å². The average Bonchev–Trinajstić information content (AvgIpc) is 3.65. The lowest BCUT2D eigenvalue weighted by molar-refractivity contribution is 0.281. The molecule has 0 amide bonds. The molecule has 12 heteroatoms. The zero-order chi connectivity index (χ0) is 43.8. The second-order valence-electron chi connectivity index (χ2n) is 15.9. The van der Waals surface area contributed by atoms with Crippen molar-refractivity contribution in [1.29, 1.82) is 0 Å². The third-order valence-electron chi connectivity index (χ3n) is 11.5. The molecule has 5 aromatic carbocycles. The Bertz CT molecular complexity index is 2430. The highest BCUT2D eigenvalue weighted by Gasteiger charge is 2.33. The van der Waals surface area contributed by atoms with Crippen molar-refractivity contribution in [1.82, 2.24) is 0 Å². The Morgan fingerprint density at radius 1 is 0.597 bits per heavy atom. The number of methoxy groups -OCH3 is 2. The van der Waals surface area contributed by atoms with E-state index in [1.54, 1.807) is 14.2 Å². The first-order chi connectivity index (χ1) is 30.2. The number of benzene rings is 5. The Morgan fingerprint density at radius 2 is 1.10 bits per heavy atom. The van der Waals surface area contributed by atoms with Gasteiger partial charge in [-0.05, 0) is 139 Å². The maximum absolute atomic E-state index is 10.5. The predicted octanol–water partition coefficient (Wildman–Crippen LogP) is 14.4. The summed E-state index contributed by atoms with van der Waals surface area (Å²) in [5, 5.41) is 22.6. The molecule has 0 spiro atoms. The smallest absolute Gasteiger partial charge is 0.497 e. The van der Waals surface area contributed by atoms with Gasteiger partial charge in [0.2, 0.25) is 0 Å². The van der Waals surface area contributed by atoms with Crippen LogP contribution >= 0.6 is 16.8 Å². The van der Waals surface area contributed by atoms with Crippen molar-refractivity contribution in [2.75, 3.05) is 14.2 Å². The van der Waals surface area contributed by atoms with Crippen molar-refractivity contribution in [2.45, 2.75) is 118 Å². The highest BCUT2D eigenvalue weighted by molar-refractivity contribution is 7.43. The van der Waals surface area contributed by atoms with E-state index >= 15 is 0 Å². The molecule has 0 saturated heterocycles. The van der Waals surface area contributed by atoms with E-state index in [-0.39, 0.29) is 19.1 Å². The molecule has 0 saturated carbocycles. The second-order valence-corrected chi connectivity index (χ2v) is 17.9. The van der Waals surface area contributed by atoms with Gasteiger partial charge < -0.3 is 46.2 Å². The lowest BCUT2D eigenvalue weighted by atomic mass is 9.91. The number of aliphatic hydroxyl groups is 2. The summed E-state index contributed by atoms with van der Waals surface area (Å²) in [4.78, 5) is 0. The van der Waals surface area contributed by atoms with Crippen LogP contribution in [0.15, 0.2) is 81.2 Å². The summed E-state index contributed by atoms with van der Waals surface area (Å²) in [5.74, 6) is 3.80. The zero-order valence-corrected chi connectivity index (χ0v) is 38.8. The number of ether oxygens (including phenoxy) is 2. The minimum absolute atomic E-state index is 0.0368. The lowest BCUT2D eigenvalue weighted by Crippen LogP contribution is -2.04. The summed E-state index contributed by atoms with van der Waals surface area (Å²) >= 11 is 0. The SMILES string of the molecule is CCCCc1cc(OC)cc(-c2cc(OC)cc(C(C)CC)c2Op2oc3c(CCCC)cc(CO)cc3c3cc(CO)cc(CCCC)c3o2)c1OP1Oc2ccccc2O1. The van der Waals surface area contributed by atoms with Gasteiger partial charge in [-0.3, -0.25) is 0 Å². The lowest BCUT2D eigenvalue weighted by Gasteiger charge is -2.23. The van der Waals surface area contributed by atoms with E-state index in [0.29, 0.717) is 51.2 Å². The minimum atomic E-state index is -2.17. The van der Waals surface area contributed by atoms with Crippen LogP contribution < -0.4 is 27.6 Å². The zero-order valence-electron chi connectivity index (χ0n) is 37.0. The van der Waals surface area contributed by atoms with Crippen LogP contribution in [-0.2, 0) is 32.5 Å². The fourth-order valence-corrected chi connectivity index (χ4v) is 10.1. The topological polar surface area (TPSA) is 122 Å². The molecule has 0 fully saturated rings. The Kier molecular flexibility index (Phi) is 15.3. The molecular weight excluding hydrogens is 822 g/mol. The number of hydrogen-bond acceptors (Lipinski definition) is 10. The monoisotopic (exact) mass is 882 g/mol. The molecule has 0 radical (unpaired) electrons. The van der Waals surface area contributed by atoms with Crippen LogP contribution in [0.1, 0.15) is 119 Å². The van der Waals surface area contributed by atoms with E-state index in [1.807, 2.05) is 72.8 Å². The van der Waals surface area contributed by atoms with Crippen molar-refractivity contribution in [2.24, 2.45) is 0 Å². The Balaban J connectivity index is 1.53. The van der Waals surface area contributed by atoms with Gasteiger partial charge in [-0.2, -0.15) is 0 Å². The van der Waals surface area contributed by atoms with Gasteiger partial charge in [0.25, 0.3) is 0 Å². The van der Waals surface area contributed by atoms with Gasteiger partial charge in [0.15, 0.2) is 11.5 Å². The van der Waals surface area contributed by atoms with Crippen molar-refractivity contribution in [3.05, 3.63) is 106 Å². The fraction of sp³-hybridized carbons (Fsp3) is 0.400. The van der Waals surface area contributed by atoms with Crippen LogP contribution in [0.4, 0.5) is 0 Å². The first-order valence-corrected chi connectivity index (χ1v) is 24.2. The standard InChI is InChI=1S/C50H60O10P2/c1-8-12-17-35-22-33(30-51)24-41-42-25-34(31-52)23-36(18-13-9-2)48(42)59-62(58-47(35)41)60-50-40(32(5)11-4)27-39(54-7)29-44(50)43-28-38(53-6)26-37(19-14-10-3)49(43)57-61-55-45-20-15-16-21-46(45)56-61/h15-16,20-29,32,51-52H,8-14,17-19,30-31H2,1-7H3. The molecule has 10 nitrogen and oxygen atoms in total. The summed E-state index contributed by atoms with van der Waals surface area (Å²) < 4.78 is 52.8. The third-order valence-corrected chi connectivity index (χ3v) is 13.5. The molecule has 0 aliphatic carbocycles. The molecule has 330 valence electrons. The van der Waals surface area contributed by atoms with Gasteiger partial charge >= 0.3 is 16.8 Å². The summed E-state index contributed by atoms with van der Waals surface area (Å²) in [6.45, 7) is 10.6. The van der Waals surface area contributed by atoms with Crippen LogP contribution in [0.25, 0.3) is 33.1 Å². The predicted molar refractivity (Wildman–Crippen MR) is 249 cm³/mol. The molecule has 0 bridgehead atoms. The molecule has 62 heavy (non-hydrogen) atoms. The highest BCUT2D eigenvalue weighted by atomic mass is 31.2. The van der Waals surface area contributed by atoms with Crippen LogP contribution in [0.3, 0.4) is 0 Å². The molecule has 1 atom stereocenters. The highest BCUT2D eigenvalue weighted by Crippen LogP contribution is 2.57. The van der Waals surface area contributed by atoms with E-state index in [4.69, 9.17) is 36.0 Å². The normalized spacial score (nSPS) is 12.9. The first kappa shape index (κ1) is 45.2. The van der Waals surface area contributed by atoms with Gasteiger partial charge in [0.05, 0.1) is 27.4 Å². The Labute approximate surface area is 367 Å². The van der Waals surface area contributed by atoms with Crippen LogP contribution in [0.5, 0.6) is 34.5 Å². The Hall–Kier alpha value is -4.85. The van der Waals surface area contributed by atoms with Crippen LogP contribution in [0.2, 0.25) is 0 Å². The summed E-state index contributed by atoms with van der Waals surface area (Å²) in [7, 11) is -0.674. The fourth-order valence-electron chi connectivity index (χ4n) is 7.85. The number of aliphatic hydroxyl groups excluding tert-OH is 2. The summed E-state index contributed by atoms with van der Waals surface area (Å²) in [6, 6.07) is 23.6. The maximum Gasteiger partial charge on any atom is 0.530 e. The first-order valence-electron chi connectivity index (χ1n) is 22.0. The van der Waals surface area contributed by atoms with Gasteiger partial charge in [0, 0.05) is 27.5 Å². The van der Waals surface area contributed by atoms with Gasteiger partial charge in [-0.1, -0.05) is 66.0 Å². The number of aryl methyl sites for hydroxylation is 3. The number of hydrogen-bond donors (Lipinski definition) is 2. The number of rotatable bonds is 20. The van der Waals surface area contributed by atoms with E-state index in [1.165, 1.54) is 0 Å². The molecule has 6 aromatic rings. The van der Waals surface area contributed by atoms with Gasteiger partial charge in [0.1, 0.15) is 34.2 Å². The third kappa shape index (κ3) is 9.85. The largest absolute Gasteiger partial charge is 0.530 e. The molecule has 1 aliphatic rings. The molecule has 1 unspecified atom stereocenters. The number of unbranched alkanes of at least 4 members (excludes halogenated alkanes) is 3. The molecule has 2 N–H and O–H groups in total. The quantitative estimate of drug-likeness (QED) is 0.0717. The molecule has 1 aromatic heterocycles. The molecule has 1 aliphatic heterocycles. The van der Waals surface area contributed by atoms with E-state index < -0.39 is 16.8 Å². The average molecular weight is 883 g/mol. The van der Waals surface area contributed by atoms with Crippen molar-refractivity contribution in [3.63, 3.8) is 0 Å². The van der Waals surface area contributed by atoms with E-state index in [2.05, 4.69) is 34.6 Å². The Morgan fingerprint density at radius 3 is 1.58 bits per heavy atom.